The number of nitrogens with zero attached hydrogens (tertiary/aromatic N) is 1. The normalized spacial score (nSPS) is 11.3. The number of hydrogen-bond acceptors (Lipinski definition) is 4. The molecule has 8 heteroatoms. The average Bonchev–Trinajstić information content (AvgIpc) is 2.37. The van der Waals surface area contributed by atoms with Crippen molar-refractivity contribution >= 4 is 6.09 Å². The minimum absolute atomic E-state index is 0.259. The van der Waals surface area contributed by atoms with Crippen molar-refractivity contribution in [2.75, 3.05) is 13.2 Å². The standard InChI is InChI=1S/C12H16F3N3O2/c13-12(14,15)9-3-4-10(18-7-9)8-17-5-1-2-6-20-11(16)19/h3-4,7,17H,1-2,5-6,8H2,(H2,16,19). The zero-order chi connectivity index (χ0) is 15.0. The summed E-state index contributed by atoms with van der Waals surface area (Å²) in [5.74, 6) is 0. The number of aromatic nitrogens is 1. The van der Waals surface area contributed by atoms with E-state index in [0.717, 1.165) is 18.7 Å². The Morgan fingerprint density at radius 3 is 2.65 bits per heavy atom. The van der Waals surface area contributed by atoms with Crippen LogP contribution >= 0.6 is 0 Å². The van der Waals surface area contributed by atoms with Gasteiger partial charge in [-0.3, -0.25) is 4.98 Å². The van der Waals surface area contributed by atoms with E-state index in [9.17, 15) is 18.0 Å². The molecule has 0 aliphatic heterocycles. The number of amides is 1. The van der Waals surface area contributed by atoms with Crippen LogP contribution in [-0.4, -0.2) is 24.2 Å². The fraction of sp³-hybridized carbons (Fsp3) is 0.500. The maximum absolute atomic E-state index is 12.3. The molecule has 0 aliphatic rings. The molecule has 1 heterocycles. The monoisotopic (exact) mass is 291 g/mol. The maximum Gasteiger partial charge on any atom is 0.417 e. The molecular weight excluding hydrogens is 275 g/mol. The third kappa shape index (κ3) is 6.37. The van der Waals surface area contributed by atoms with Gasteiger partial charge in [0.05, 0.1) is 17.9 Å². The Kier molecular flexibility index (Phi) is 6.23. The highest BCUT2D eigenvalue weighted by Gasteiger charge is 2.30. The summed E-state index contributed by atoms with van der Waals surface area (Å²) in [7, 11) is 0. The van der Waals surface area contributed by atoms with Crippen LogP contribution in [0.2, 0.25) is 0 Å². The van der Waals surface area contributed by atoms with Crippen LogP contribution in [0.15, 0.2) is 18.3 Å². The Hall–Kier alpha value is -1.83. The van der Waals surface area contributed by atoms with Crippen molar-refractivity contribution in [3.8, 4) is 0 Å². The molecule has 0 saturated heterocycles. The van der Waals surface area contributed by atoms with Gasteiger partial charge in [-0.25, -0.2) is 4.79 Å². The van der Waals surface area contributed by atoms with Gasteiger partial charge in [0.2, 0.25) is 0 Å². The quantitative estimate of drug-likeness (QED) is 0.754. The van der Waals surface area contributed by atoms with Crippen LogP contribution in [-0.2, 0) is 17.5 Å². The van der Waals surface area contributed by atoms with Gasteiger partial charge in [-0.05, 0) is 31.5 Å². The van der Waals surface area contributed by atoms with Crippen LogP contribution in [0.3, 0.4) is 0 Å². The van der Waals surface area contributed by atoms with E-state index in [0.29, 0.717) is 25.2 Å². The summed E-state index contributed by atoms with van der Waals surface area (Å²) in [6, 6.07) is 2.34. The van der Waals surface area contributed by atoms with Crippen LogP contribution in [0.1, 0.15) is 24.1 Å². The molecule has 5 nitrogen and oxygen atoms in total. The summed E-state index contributed by atoms with van der Waals surface area (Å²) < 4.78 is 41.4. The van der Waals surface area contributed by atoms with E-state index < -0.39 is 17.8 Å². The summed E-state index contributed by atoms with van der Waals surface area (Å²) in [6.07, 6.45) is -2.92. The van der Waals surface area contributed by atoms with Crippen LogP contribution in [0.25, 0.3) is 0 Å². The van der Waals surface area contributed by atoms with E-state index >= 15 is 0 Å². The lowest BCUT2D eigenvalue weighted by molar-refractivity contribution is -0.137. The van der Waals surface area contributed by atoms with Crippen molar-refractivity contribution in [1.29, 1.82) is 0 Å². The third-order valence-electron chi connectivity index (χ3n) is 2.45. The van der Waals surface area contributed by atoms with E-state index in [2.05, 4.69) is 15.0 Å². The number of rotatable bonds is 7. The van der Waals surface area contributed by atoms with E-state index in [-0.39, 0.29) is 6.61 Å². The lowest BCUT2D eigenvalue weighted by atomic mass is 10.2. The summed E-state index contributed by atoms with van der Waals surface area (Å²) in [5.41, 5.74) is 4.56. The third-order valence-corrected chi connectivity index (χ3v) is 2.45. The molecule has 0 spiro atoms. The second-order valence-corrected chi connectivity index (χ2v) is 4.09. The Labute approximate surface area is 114 Å². The largest absolute Gasteiger partial charge is 0.450 e. The van der Waals surface area contributed by atoms with Gasteiger partial charge < -0.3 is 15.8 Å². The van der Waals surface area contributed by atoms with Crippen LogP contribution in [0.4, 0.5) is 18.0 Å². The molecule has 0 atom stereocenters. The van der Waals surface area contributed by atoms with E-state index in [1.54, 1.807) is 0 Å². The topological polar surface area (TPSA) is 77.2 Å². The van der Waals surface area contributed by atoms with Gasteiger partial charge in [-0.1, -0.05) is 0 Å². The Bertz CT molecular complexity index is 421. The zero-order valence-corrected chi connectivity index (χ0v) is 10.7. The number of carbonyl (C=O) groups is 1. The predicted molar refractivity (Wildman–Crippen MR) is 65.7 cm³/mol. The molecular formula is C12H16F3N3O2. The van der Waals surface area contributed by atoms with Gasteiger partial charge in [-0.2, -0.15) is 13.2 Å². The number of ether oxygens (including phenoxy) is 1. The van der Waals surface area contributed by atoms with Crippen LogP contribution in [0.5, 0.6) is 0 Å². The summed E-state index contributed by atoms with van der Waals surface area (Å²) in [4.78, 5) is 14.0. The molecule has 0 unspecified atom stereocenters. The zero-order valence-electron chi connectivity index (χ0n) is 10.7. The van der Waals surface area contributed by atoms with Gasteiger partial charge in [0.1, 0.15) is 0 Å². The molecule has 20 heavy (non-hydrogen) atoms. The lowest BCUT2D eigenvalue weighted by Crippen LogP contribution is -2.18. The first-order chi connectivity index (χ1) is 9.39. The molecule has 0 aromatic carbocycles. The Morgan fingerprint density at radius 1 is 1.35 bits per heavy atom. The van der Waals surface area contributed by atoms with Gasteiger partial charge in [0.25, 0.3) is 0 Å². The second kappa shape index (κ2) is 7.68. The number of carbonyl (C=O) groups excluding carboxylic acids is 1. The molecule has 0 aliphatic carbocycles. The molecule has 0 fully saturated rings. The molecule has 1 aromatic rings. The molecule has 1 rings (SSSR count). The van der Waals surface area contributed by atoms with Gasteiger partial charge in [0.15, 0.2) is 0 Å². The van der Waals surface area contributed by atoms with Gasteiger partial charge in [0, 0.05) is 12.7 Å². The number of pyridine rings is 1. The first kappa shape index (κ1) is 16.2. The summed E-state index contributed by atoms with van der Waals surface area (Å²) >= 11 is 0. The second-order valence-electron chi connectivity index (χ2n) is 4.09. The number of halogens is 3. The summed E-state index contributed by atoms with van der Waals surface area (Å²) in [6.45, 7) is 1.29. The highest BCUT2D eigenvalue weighted by molar-refractivity contribution is 5.64. The molecule has 112 valence electrons. The molecule has 0 saturated carbocycles. The van der Waals surface area contributed by atoms with Crippen molar-refractivity contribution in [1.82, 2.24) is 10.3 Å². The number of primary amides is 1. The van der Waals surface area contributed by atoms with Crippen molar-refractivity contribution in [2.24, 2.45) is 5.73 Å². The fourth-order valence-corrected chi connectivity index (χ4v) is 1.44. The molecule has 1 aromatic heterocycles. The lowest BCUT2D eigenvalue weighted by Gasteiger charge is -2.07. The smallest absolute Gasteiger partial charge is 0.417 e. The molecule has 1 amide bonds. The highest BCUT2D eigenvalue weighted by Crippen LogP contribution is 2.28. The SMILES string of the molecule is NC(=O)OCCCCNCc1ccc(C(F)(F)F)cn1. The Balaban J connectivity index is 2.18. The van der Waals surface area contributed by atoms with Crippen molar-refractivity contribution in [2.45, 2.75) is 25.6 Å². The number of nitrogens with one attached hydrogen (secondary N) is 1. The predicted octanol–water partition coefficient (Wildman–Crippen LogP) is 2.07. The summed E-state index contributed by atoms with van der Waals surface area (Å²) in [5, 5.41) is 3.03. The number of unbranched alkanes of at least 4 members (excludes halogenated alkanes) is 1. The van der Waals surface area contributed by atoms with E-state index in [1.807, 2.05) is 0 Å². The number of alkyl halides is 3. The Morgan fingerprint density at radius 2 is 2.10 bits per heavy atom. The minimum Gasteiger partial charge on any atom is -0.450 e. The molecule has 0 radical (unpaired) electrons. The number of nitrogens with two attached hydrogens (primary N) is 1. The van der Waals surface area contributed by atoms with Crippen LogP contribution in [0, 0.1) is 0 Å². The van der Waals surface area contributed by atoms with Crippen molar-refractivity contribution < 1.29 is 22.7 Å². The molecule has 0 bridgehead atoms. The van der Waals surface area contributed by atoms with Crippen LogP contribution < -0.4 is 11.1 Å². The van der Waals surface area contributed by atoms with Gasteiger partial charge in [-0.15, -0.1) is 0 Å². The average molecular weight is 291 g/mol. The van der Waals surface area contributed by atoms with Crippen molar-refractivity contribution in [3.05, 3.63) is 29.6 Å². The fourth-order valence-electron chi connectivity index (χ4n) is 1.44. The number of hydrogen-bond donors (Lipinski definition) is 2. The first-order valence-electron chi connectivity index (χ1n) is 6.04. The maximum atomic E-state index is 12.3. The van der Waals surface area contributed by atoms with Gasteiger partial charge >= 0.3 is 12.3 Å². The molecule has 3 N–H and O–H groups in total. The first-order valence-corrected chi connectivity index (χ1v) is 6.04. The van der Waals surface area contributed by atoms with E-state index in [1.165, 1.54) is 6.07 Å². The van der Waals surface area contributed by atoms with E-state index in [4.69, 9.17) is 5.73 Å². The highest BCUT2D eigenvalue weighted by atomic mass is 19.4. The van der Waals surface area contributed by atoms with Crippen molar-refractivity contribution in [3.63, 3.8) is 0 Å². The minimum atomic E-state index is -4.36.